The molecule has 2 aliphatic rings. The van der Waals surface area contributed by atoms with Crippen LogP contribution in [-0.4, -0.2) is 73.6 Å². The SMILES string of the molecule is CC(=O)N(CC(=O)N1CCN(c2ccc(F)cc2)CC1)CC1CCCO1. The topological polar surface area (TPSA) is 53.1 Å². The van der Waals surface area contributed by atoms with Crippen LogP contribution in [0.25, 0.3) is 0 Å². The minimum atomic E-state index is -0.252. The Morgan fingerprint density at radius 3 is 2.46 bits per heavy atom. The molecular formula is C19H26FN3O3. The van der Waals surface area contributed by atoms with Crippen LogP contribution in [0.2, 0.25) is 0 Å². The lowest BCUT2D eigenvalue weighted by Gasteiger charge is -2.37. The molecule has 0 radical (unpaired) electrons. The molecule has 1 aromatic carbocycles. The fourth-order valence-corrected chi connectivity index (χ4v) is 3.47. The summed E-state index contributed by atoms with van der Waals surface area (Å²) in [7, 11) is 0. The van der Waals surface area contributed by atoms with Crippen molar-refractivity contribution in [2.75, 3.05) is 50.8 Å². The van der Waals surface area contributed by atoms with Crippen LogP contribution >= 0.6 is 0 Å². The third kappa shape index (κ3) is 4.72. The highest BCUT2D eigenvalue weighted by molar-refractivity contribution is 5.84. The van der Waals surface area contributed by atoms with Gasteiger partial charge in [0.25, 0.3) is 0 Å². The molecule has 26 heavy (non-hydrogen) atoms. The number of benzene rings is 1. The van der Waals surface area contributed by atoms with Gasteiger partial charge >= 0.3 is 0 Å². The van der Waals surface area contributed by atoms with Gasteiger partial charge in [-0.05, 0) is 37.1 Å². The quantitative estimate of drug-likeness (QED) is 0.796. The molecule has 1 aromatic rings. The fraction of sp³-hybridized carbons (Fsp3) is 0.579. The van der Waals surface area contributed by atoms with Crippen LogP contribution in [0.3, 0.4) is 0 Å². The lowest BCUT2D eigenvalue weighted by molar-refractivity contribution is -0.140. The van der Waals surface area contributed by atoms with Crippen molar-refractivity contribution in [1.82, 2.24) is 9.80 Å². The maximum Gasteiger partial charge on any atom is 0.242 e. The van der Waals surface area contributed by atoms with Crippen LogP contribution in [0, 0.1) is 5.82 Å². The summed E-state index contributed by atoms with van der Waals surface area (Å²) in [4.78, 5) is 30.0. The maximum atomic E-state index is 13.0. The first kappa shape index (κ1) is 18.6. The van der Waals surface area contributed by atoms with Gasteiger partial charge in [-0.3, -0.25) is 9.59 Å². The zero-order valence-electron chi connectivity index (χ0n) is 15.2. The highest BCUT2D eigenvalue weighted by Crippen LogP contribution is 2.17. The second-order valence-corrected chi connectivity index (χ2v) is 6.88. The van der Waals surface area contributed by atoms with Crippen LogP contribution in [0.1, 0.15) is 19.8 Å². The molecule has 2 heterocycles. The van der Waals surface area contributed by atoms with Gasteiger partial charge in [0.15, 0.2) is 0 Å². The summed E-state index contributed by atoms with van der Waals surface area (Å²) in [5.41, 5.74) is 0.960. The van der Waals surface area contributed by atoms with E-state index in [9.17, 15) is 14.0 Å². The summed E-state index contributed by atoms with van der Waals surface area (Å²) < 4.78 is 18.6. The van der Waals surface area contributed by atoms with Crippen molar-refractivity contribution in [1.29, 1.82) is 0 Å². The van der Waals surface area contributed by atoms with Crippen LogP contribution in [0.5, 0.6) is 0 Å². The van der Waals surface area contributed by atoms with Crippen molar-refractivity contribution in [3.8, 4) is 0 Å². The highest BCUT2D eigenvalue weighted by atomic mass is 19.1. The van der Waals surface area contributed by atoms with E-state index in [2.05, 4.69) is 4.90 Å². The highest BCUT2D eigenvalue weighted by Gasteiger charge is 2.26. The van der Waals surface area contributed by atoms with Crippen molar-refractivity contribution < 1.29 is 18.7 Å². The van der Waals surface area contributed by atoms with E-state index in [1.54, 1.807) is 21.9 Å². The lowest BCUT2D eigenvalue weighted by Crippen LogP contribution is -2.52. The van der Waals surface area contributed by atoms with Gasteiger partial charge in [-0.25, -0.2) is 4.39 Å². The number of anilines is 1. The van der Waals surface area contributed by atoms with Gasteiger partial charge in [0, 0.05) is 51.9 Å². The standard InChI is InChI=1S/C19H26FN3O3/c1-15(24)23(13-18-3-2-12-26-18)14-19(25)22-10-8-21(9-11-22)17-6-4-16(20)5-7-17/h4-7,18H,2-3,8-14H2,1H3. The molecule has 0 N–H and O–H groups in total. The number of ether oxygens (including phenoxy) is 1. The zero-order chi connectivity index (χ0) is 18.5. The molecule has 2 fully saturated rings. The predicted molar refractivity (Wildman–Crippen MR) is 96.4 cm³/mol. The number of nitrogens with zero attached hydrogens (tertiary/aromatic N) is 3. The first-order valence-electron chi connectivity index (χ1n) is 9.18. The smallest absolute Gasteiger partial charge is 0.242 e. The van der Waals surface area contributed by atoms with E-state index in [0.717, 1.165) is 25.1 Å². The number of hydrogen-bond acceptors (Lipinski definition) is 4. The van der Waals surface area contributed by atoms with Gasteiger partial charge in [-0.15, -0.1) is 0 Å². The van der Waals surface area contributed by atoms with Crippen LogP contribution in [0.15, 0.2) is 24.3 Å². The molecule has 142 valence electrons. The number of rotatable bonds is 5. The largest absolute Gasteiger partial charge is 0.376 e. The molecule has 1 unspecified atom stereocenters. The summed E-state index contributed by atoms with van der Waals surface area (Å²) in [6.45, 7) is 5.41. The Morgan fingerprint density at radius 2 is 1.88 bits per heavy atom. The number of halogens is 1. The number of carbonyl (C=O) groups is 2. The summed E-state index contributed by atoms with van der Waals surface area (Å²) >= 11 is 0. The molecule has 2 aliphatic heterocycles. The zero-order valence-corrected chi connectivity index (χ0v) is 15.2. The first-order valence-corrected chi connectivity index (χ1v) is 9.18. The Morgan fingerprint density at radius 1 is 1.19 bits per heavy atom. The molecular weight excluding hydrogens is 337 g/mol. The van der Waals surface area contributed by atoms with Crippen molar-refractivity contribution in [3.05, 3.63) is 30.1 Å². The van der Waals surface area contributed by atoms with E-state index >= 15 is 0 Å². The molecule has 2 saturated heterocycles. The average Bonchev–Trinajstić information content (AvgIpc) is 3.15. The summed E-state index contributed by atoms with van der Waals surface area (Å²) in [6.07, 6.45) is 1.99. The number of amides is 2. The van der Waals surface area contributed by atoms with E-state index in [-0.39, 0.29) is 30.3 Å². The summed E-state index contributed by atoms with van der Waals surface area (Å²) in [5.74, 6) is -0.381. The van der Waals surface area contributed by atoms with Crippen molar-refractivity contribution in [2.45, 2.75) is 25.9 Å². The molecule has 0 aliphatic carbocycles. The molecule has 2 amide bonds. The minimum absolute atomic E-state index is 0.0306. The Balaban J connectivity index is 1.50. The maximum absolute atomic E-state index is 13.0. The van der Waals surface area contributed by atoms with Gasteiger partial charge in [0.05, 0.1) is 12.6 Å². The molecule has 0 aromatic heterocycles. The van der Waals surface area contributed by atoms with Gasteiger partial charge in [0.2, 0.25) is 11.8 Å². The molecule has 0 spiro atoms. The van der Waals surface area contributed by atoms with Crippen LogP contribution < -0.4 is 4.90 Å². The Kier molecular flexibility index (Phi) is 6.08. The lowest BCUT2D eigenvalue weighted by atomic mass is 10.2. The molecule has 0 saturated carbocycles. The number of carbonyl (C=O) groups excluding carboxylic acids is 2. The Bertz CT molecular complexity index is 623. The molecule has 0 bridgehead atoms. The van der Waals surface area contributed by atoms with Crippen LogP contribution in [-0.2, 0) is 14.3 Å². The van der Waals surface area contributed by atoms with E-state index < -0.39 is 0 Å². The van der Waals surface area contributed by atoms with E-state index in [1.807, 2.05) is 0 Å². The van der Waals surface area contributed by atoms with E-state index in [0.29, 0.717) is 32.7 Å². The molecule has 7 heteroatoms. The minimum Gasteiger partial charge on any atom is -0.376 e. The van der Waals surface area contributed by atoms with Crippen molar-refractivity contribution >= 4 is 17.5 Å². The normalized spacial score (nSPS) is 20.3. The summed E-state index contributed by atoms with van der Waals surface area (Å²) in [5, 5.41) is 0. The van der Waals surface area contributed by atoms with Gasteiger partial charge in [0.1, 0.15) is 5.82 Å². The third-order valence-corrected chi connectivity index (χ3v) is 5.04. The van der Waals surface area contributed by atoms with Crippen molar-refractivity contribution in [3.63, 3.8) is 0 Å². The van der Waals surface area contributed by atoms with Gasteiger partial charge < -0.3 is 19.4 Å². The number of piperazine rings is 1. The van der Waals surface area contributed by atoms with Gasteiger partial charge in [-0.1, -0.05) is 0 Å². The molecule has 6 nitrogen and oxygen atoms in total. The van der Waals surface area contributed by atoms with Crippen LogP contribution in [0.4, 0.5) is 10.1 Å². The van der Waals surface area contributed by atoms with Gasteiger partial charge in [-0.2, -0.15) is 0 Å². The first-order chi connectivity index (χ1) is 12.5. The Labute approximate surface area is 153 Å². The van der Waals surface area contributed by atoms with Crippen molar-refractivity contribution in [2.24, 2.45) is 0 Å². The summed E-state index contributed by atoms with van der Waals surface area (Å²) in [6, 6.07) is 6.41. The second kappa shape index (κ2) is 8.49. The monoisotopic (exact) mass is 363 g/mol. The Hall–Kier alpha value is -2.15. The third-order valence-electron chi connectivity index (χ3n) is 5.04. The molecule has 1 atom stereocenters. The second-order valence-electron chi connectivity index (χ2n) is 6.88. The van der Waals surface area contributed by atoms with E-state index in [1.165, 1.54) is 19.1 Å². The average molecular weight is 363 g/mol. The van der Waals surface area contributed by atoms with E-state index in [4.69, 9.17) is 4.74 Å². The molecule has 3 rings (SSSR count). The number of hydrogen-bond donors (Lipinski definition) is 0. The fourth-order valence-electron chi connectivity index (χ4n) is 3.47. The predicted octanol–water partition coefficient (Wildman–Crippen LogP) is 1.50.